The Bertz CT molecular complexity index is 595. The van der Waals surface area contributed by atoms with Gasteiger partial charge < -0.3 is 4.42 Å². The van der Waals surface area contributed by atoms with Crippen molar-refractivity contribution in [3.63, 3.8) is 0 Å². The SMILES string of the molecule is O=S(=O)(Cc1ccccc1)NCCSCc1ccco1. The summed E-state index contributed by atoms with van der Waals surface area (Å²) in [5.74, 6) is 2.40. The average molecular weight is 311 g/mol. The largest absolute Gasteiger partial charge is 0.468 e. The lowest BCUT2D eigenvalue weighted by atomic mass is 10.2. The third-order valence-electron chi connectivity index (χ3n) is 2.59. The highest BCUT2D eigenvalue weighted by molar-refractivity contribution is 7.98. The smallest absolute Gasteiger partial charge is 0.215 e. The molecule has 1 heterocycles. The molecule has 0 atom stereocenters. The number of thioether (sulfide) groups is 1. The summed E-state index contributed by atoms with van der Waals surface area (Å²) >= 11 is 1.64. The Labute approximate surface area is 123 Å². The topological polar surface area (TPSA) is 59.3 Å². The van der Waals surface area contributed by atoms with Crippen molar-refractivity contribution in [3.8, 4) is 0 Å². The molecule has 0 unspecified atom stereocenters. The summed E-state index contributed by atoms with van der Waals surface area (Å²) in [5.41, 5.74) is 0.795. The maximum Gasteiger partial charge on any atom is 0.215 e. The molecule has 20 heavy (non-hydrogen) atoms. The van der Waals surface area contributed by atoms with Gasteiger partial charge in [0.1, 0.15) is 5.76 Å². The van der Waals surface area contributed by atoms with Gasteiger partial charge in [0.2, 0.25) is 10.0 Å². The molecule has 108 valence electrons. The number of furan rings is 1. The van der Waals surface area contributed by atoms with Crippen LogP contribution in [0.5, 0.6) is 0 Å². The van der Waals surface area contributed by atoms with Crippen molar-refractivity contribution in [2.24, 2.45) is 0 Å². The molecule has 0 radical (unpaired) electrons. The van der Waals surface area contributed by atoms with Crippen molar-refractivity contribution < 1.29 is 12.8 Å². The molecule has 0 saturated carbocycles. The van der Waals surface area contributed by atoms with Crippen LogP contribution in [0.1, 0.15) is 11.3 Å². The van der Waals surface area contributed by atoms with Gasteiger partial charge in [-0.2, -0.15) is 11.8 Å². The number of nitrogens with one attached hydrogen (secondary N) is 1. The number of hydrogen-bond donors (Lipinski definition) is 1. The molecule has 0 aliphatic carbocycles. The summed E-state index contributed by atoms with van der Waals surface area (Å²) in [6, 6.07) is 12.9. The summed E-state index contributed by atoms with van der Waals surface area (Å²) in [6.45, 7) is 0.431. The van der Waals surface area contributed by atoms with Gasteiger partial charge in [-0.25, -0.2) is 13.1 Å². The summed E-state index contributed by atoms with van der Waals surface area (Å²) < 4.78 is 31.5. The van der Waals surface area contributed by atoms with E-state index in [0.29, 0.717) is 12.3 Å². The van der Waals surface area contributed by atoms with Crippen molar-refractivity contribution in [1.29, 1.82) is 0 Å². The highest BCUT2D eigenvalue weighted by Crippen LogP contribution is 2.11. The van der Waals surface area contributed by atoms with Crippen molar-refractivity contribution >= 4 is 21.8 Å². The van der Waals surface area contributed by atoms with Gasteiger partial charge in [0.15, 0.2) is 0 Å². The normalized spacial score (nSPS) is 11.6. The summed E-state index contributed by atoms with van der Waals surface area (Å²) in [5, 5.41) is 0. The standard InChI is InChI=1S/C14H17NO3S2/c16-20(17,12-13-5-2-1-3-6-13)15-8-10-19-11-14-7-4-9-18-14/h1-7,9,15H,8,10-12H2. The molecule has 6 heteroatoms. The Balaban J connectivity index is 1.67. The second-order valence-corrected chi connectivity index (χ2v) is 7.18. The first-order valence-corrected chi connectivity index (χ1v) is 9.08. The Morgan fingerprint density at radius 1 is 1.10 bits per heavy atom. The molecule has 0 aliphatic heterocycles. The Morgan fingerprint density at radius 3 is 2.60 bits per heavy atom. The molecule has 0 bridgehead atoms. The molecule has 1 N–H and O–H groups in total. The van der Waals surface area contributed by atoms with Crippen LogP contribution in [-0.2, 0) is 21.5 Å². The van der Waals surface area contributed by atoms with Crippen molar-refractivity contribution in [2.45, 2.75) is 11.5 Å². The number of rotatable bonds is 8. The minimum atomic E-state index is -3.26. The molecular formula is C14H17NO3S2. The second kappa shape index (κ2) is 7.52. The van der Waals surface area contributed by atoms with Crippen molar-refractivity contribution in [3.05, 3.63) is 60.1 Å². The van der Waals surface area contributed by atoms with E-state index in [4.69, 9.17) is 4.42 Å². The minimum Gasteiger partial charge on any atom is -0.468 e. The van der Waals surface area contributed by atoms with E-state index in [2.05, 4.69) is 4.72 Å². The van der Waals surface area contributed by atoms with Crippen LogP contribution >= 0.6 is 11.8 Å². The molecule has 0 amide bonds. The van der Waals surface area contributed by atoms with Gasteiger partial charge in [0.05, 0.1) is 17.8 Å². The average Bonchev–Trinajstić information content (AvgIpc) is 2.92. The lowest BCUT2D eigenvalue weighted by Crippen LogP contribution is -2.27. The molecule has 0 aliphatic rings. The fraction of sp³-hybridized carbons (Fsp3) is 0.286. The van der Waals surface area contributed by atoms with Crippen LogP contribution in [0.15, 0.2) is 53.1 Å². The van der Waals surface area contributed by atoms with E-state index in [1.807, 2.05) is 42.5 Å². The maximum absolute atomic E-state index is 11.9. The van der Waals surface area contributed by atoms with Crippen LogP contribution in [0.4, 0.5) is 0 Å². The fourth-order valence-electron chi connectivity index (χ4n) is 1.68. The molecule has 0 spiro atoms. The van der Waals surface area contributed by atoms with Crippen LogP contribution in [0, 0.1) is 0 Å². The van der Waals surface area contributed by atoms with Crippen molar-refractivity contribution in [2.75, 3.05) is 12.3 Å². The molecule has 0 saturated heterocycles. The predicted octanol–water partition coefficient (Wildman–Crippen LogP) is 2.63. The second-order valence-electron chi connectivity index (χ2n) is 4.27. The van der Waals surface area contributed by atoms with E-state index in [-0.39, 0.29) is 5.75 Å². The van der Waals surface area contributed by atoms with Crippen molar-refractivity contribution in [1.82, 2.24) is 4.72 Å². The van der Waals surface area contributed by atoms with E-state index in [9.17, 15) is 8.42 Å². The van der Waals surface area contributed by atoms with E-state index < -0.39 is 10.0 Å². The molecule has 0 fully saturated rings. The number of sulfonamides is 1. The van der Waals surface area contributed by atoms with Gasteiger partial charge in [-0.3, -0.25) is 0 Å². The first kappa shape index (κ1) is 15.2. The highest BCUT2D eigenvalue weighted by atomic mass is 32.2. The Morgan fingerprint density at radius 2 is 1.90 bits per heavy atom. The molecule has 2 rings (SSSR count). The Hall–Kier alpha value is -1.24. The van der Waals surface area contributed by atoms with E-state index in [1.54, 1.807) is 18.0 Å². The maximum atomic E-state index is 11.9. The molecule has 1 aromatic carbocycles. The van der Waals surface area contributed by atoms with Gasteiger partial charge in [-0.1, -0.05) is 30.3 Å². The zero-order chi connectivity index (χ0) is 14.3. The minimum absolute atomic E-state index is 0.0245. The highest BCUT2D eigenvalue weighted by Gasteiger charge is 2.10. The first-order valence-electron chi connectivity index (χ1n) is 6.27. The van der Waals surface area contributed by atoms with Gasteiger partial charge in [0, 0.05) is 12.3 Å². The first-order chi connectivity index (χ1) is 9.66. The van der Waals surface area contributed by atoms with E-state index in [1.165, 1.54) is 0 Å². The van der Waals surface area contributed by atoms with Crippen LogP contribution in [0.2, 0.25) is 0 Å². The molecule has 4 nitrogen and oxygen atoms in total. The summed E-state index contributed by atoms with van der Waals surface area (Å²) in [6.07, 6.45) is 1.64. The van der Waals surface area contributed by atoms with Crippen LogP contribution in [0.3, 0.4) is 0 Å². The third kappa shape index (κ3) is 5.40. The quantitative estimate of drug-likeness (QED) is 0.761. The number of hydrogen-bond acceptors (Lipinski definition) is 4. The van der Waals surface area contributed by atoms with Gasteiger partial charge in [0.25, 0.3) is 0 Å². The van der Waals surface area contributed by atoms with Crippen LogP contribution in [-0.4, -0.2) is 20.7 Å². The zero-order valence-corrected chi connectivity index (χ0v) is 12.6. The lowest BCUT2D eigenvalue weighted by Gasteiger charge is -2.06. The van der Waals surface area contributed by atoms with E-state index in [0.717, 1.165) is 17.1 Å². The lowest BCUT2D eigenvalue weighted by molar-refractivity contribution is 0.530. The zero-order valence-electron chi connectivity index (χ0n) is 11.0. The predicted molar refractivity (Wildman–Crippen MR) is 81.9 cm³/mol. The van der Waals surface area contributed by atoms with Gasteiger partial charge in [-0.05, 0) is 17.7 Å². The summed E-state index contributed by atoms with van der Waals surface area (Å²) in [4.78, 5) is 0. The molecular weight excluding hydrogens is 294 g/mol. The third-order valence-corrected chi connectivity index (χ3v) is 4.93. The van der Waals surface area contributed by atoms with Gasteiger partial charge in [-0.15, -0.1) is 0 Å². The Kier molecular flexibility index (Phi) is 5.70. The van der Waals surface area contributed by atoms with Crippen LogP contribution < -0.4 is 4.72 Å². The molecule has 2 aromatic rings. The molecule has 1 aromatic heterocycles. The fourth-order valence-corrected chi connectivity index (χ4v) is 3.71. The van der Waals surface area contributed by atoms with E-state index >= 15 is 0 Å². The number of benzene rings is 1. The summed E-state index contributed by atoms with van der Waals surface area (Å²) in [7, 11) is -3.26. The van der Waals surface area contributed by atoms with Gasteiger partial charge >= 0.3 is 0 Å². The monoisotopic (exact) mass is 311 g/mol. The van der Waals surface area contributed by atoms with Crippen LogP contribution in [0.25, 0.3) is 0 Å².